The summed E-state index contributed by atoms with van der Waals surface area (Å²) in [5.74, 6) is 5.07. The van der Waals surface area contributed by atoms with Crippen molar-refractivity contribution >= 4 is 93.6 Å². The SMILES string of the molecule is CC(C)(C)c1cc(NCc2ccncc2)n2ncc(Br)c2n1.CC(C)c1cc(NCc2cccnc2)n2ncc(Br)c2n1.CC(C)c1cc(NCc2ccncc2)n2ncc(Br)c2n1.c1ccc(-c2cc(NCc3cccnc3)n3ncc(C4CC4)c3n2)cc1. The molecular weight excluding hydrogens is 1320 g/mol. The second kappa shape index (κ2) is 28.6. The van der Waals surface area contributed by atoms with Gasteiger partial charge in [0.2, 0.25) is 0 Å². The Morgan fingerprint density at radius 1 is 0.433 bits per heavy atom. The zero-order chi connectivity index (χ0) is 62.7. The van der Waals surface area contributed by atoms with Crippen LogP contribution in [0.1, 0.15) is 124 Å². The molecule has 0 saturated heterocycles. The number of benzene rings is 1. The van der Waals surface area contributed by atoms with Crippen LogP contribution in [0.5, 0.6) is 0 Å². The largest absolute Gasteiger partial charge is 0.366 e. The molecule has 1 fully saturated rings. The maximum atomic E-state index is 4.93. The van der Waals surface area contributed by atoms with Crippen molar-refractivity contribution in [3.8, 4) is 11.3 Å². The van der Waals surface area contributed by atoms with E-state index in [9.17, 15) is 0 Å². The monoisotopic (exact) mass is 1390 g/mol. The summed E-state index contributed by atoms with van der Waals surface area (Å²) in [6.07, 6.45) is 24.2. The van der Waals surface area contributed by atoms with Gasteiger partial charge in [0.1, 0.15) is 23.3 Å². The van der Waals surface area contributed by atoms with E-state index in [2.05, 4.69) is 204 Å². The molecule has 1 aromatic carbocycles. The van der Waals surface area contributed by atoms with E-state index in [-0.39, 0.29) is 5.41 Å². The quantitative estimate of drug-likeness (QED) is 0.0706. The van der Waals surface area contributed by atoms with Crippen molar-refractivity contribution in [2.24, 2.45) is 0 Å². The van der Waals surface area contributed by atoms with Gasteiger partial charge in [-0.25, -0.2) is 19.9 Å². The lowest BCUT2D eigenvalue weighted by molar-refractivity contribution is 0.568. The molecule has 23 heteroatoms. The molecule has 0 atom stereocenters. The van der Waals surface area contributed by atoms with Crippen LogP contribution in [0.2, 0.25) is 0 Å². The molecule has 13 aromatic rings. The fourth-order valence-electron chi connectivity index (χ4n) is 9.52. The highest BCUT2D eigenvalue weighted by atomic mass is 79.9. The number of fused-ring (bicyclic) bond motifs is 4. The molecular formula is C67H69Br3N20. The fourth-order valence-corrected chi connectivity index (χ4v) is 10.6. The Labute approximate surface area is 547 Å². The normalized spacial score (nSPS) is 12.1. The third kappa shape index (κ3) is 15.5. The summed E-state index contributed by atoms with van der Waals surface area (Å²) in [5.41, 5.74) is 14.5. The number of halogens is 3. The Hall–Kier alpha value is -9.06. The molecule has 1 aliphatic rings. The van der Waals surface area contributed by atoms with Gasteiger partial charge in [-0.05, 0) is 137 Å². The molecule has 1 aliphatic carbocycles. The van der Waals surface area contributed by atoms with E-state index in [1.54, 1.807) is 55.8 Å². The smallest absolute Gasteiger partial charge is 0.171 e. The van der Waals surface area contributed by atoms with E-state index >= 15 is 0 Å². The number of pyridine rings is 4. The Kier molecular flexibility index (Phi) is 19.9. The molecule has 14 rings (SSSR count). The molecule has 20 nitrogen and oxygen atoms in total. The summed E-state index contributed by atoms with van der Waals surface area (Å²) in [6, 6.07) is 34.5. The van der Waals surface area contributed by atoms with E-state index in [1.165, 1.54) is 29.5 Å². The van der Waals surface area contributed by atoms with Crippen molar-refractivity contribution in [2.75, 3.05) is 21.3 Å². The average Bonchev–Trinajstić information content (AvgIpc) is 1.71. The van der Waals surface area contributed by atoms with Gasteiger partial charge in [0.15, 0.2) is 22.6 Å². The highest BCUT2D eigenvalue weighted by Gasteiger charge is 2.28. The highest BCUT2D eigenvalue weighted by Crippen LogP contribution is 2.42. The van der Waals surface area contributed by atoms with E-state index < -0.39 is 0 Å². The summed E-state index contributed by atoms with van der Waals surface area (Å²) in [4.78, 5) is 35.3. The van der Waals surface area contributed by atoms with Gasteiger partial charge in [0.05, 0.1) is 49.6 Å². The molecule has 0 radical (unpaired) electrons. The molecule has 0 bridgehead atoms. The Bertz CT molecular complexity index is 4340. The first-order chi connectivity index (χ1) is 43.6. The Morgan fingerprint density at radius 2 is 0.856 bits per heavy atom. The molecule has 90 heavy (non-hydrogen) atoms. The van der Waals surface area contributed by atoms with E-state index in [4.69, 9.17) is 9.97 Å². The standard InChI is InChI=1S/C21H19N5.C16H18BrN5.2C15H16BrN5/c1-2-6-17(7-3-1)19-11-20(23-13-15-5-4-10-22-12-15)26-21(25-19)18(14-24-26)16-8-9-16;1-16(2,3)13-8-14(19-9-11-4-6-18-7-5-11)22-15(21-13)12(17)10-20-22;1-10(2)13-7-14(18-8-11-3-5-17-6-4-11)21-15(20-13)12(16)9-19-21;1-10(2)13-6-14(18-8-11-4-3-5-17-7-11)21-15(20-13)12(16)9-19-21/h1-7,10-12,14,16,23H,8-9,13H2;4-8,10,19H,9H2,1-3H3;2*3-7,9-10,18H,8H2,1-2H3. The van der Waals surface area contributed by atoms with Crippen LogP contribution >= 0.6 is 47.8 Å². The minimum Gasteiger partial charge on any atom is -0.366 e. The third-order valence-corrected chi connectivity index (χ3v) is 16.4. The molecule has 4 N–H and O–H groups in total. The van der Waals surface area contributed by atoms with Gasteiger partial charge < -0.3 is 21.3 Å². The fraction of sp³-hybridized carbons (Fsp3) is 0.254. The molecule has 458 valence electrons. The predicted octanol–water partition coefficient (Wildman–Crippen LogP) is 15.3. The summed E-state index contributed by atoms with van der Waals surface area (Å²) < 4.78 is 10.1. The maximum absolute atomic E-state index is 4.93. The van der Waals surface area contributed by atoms with Crippen LogP contribution in [0.4, 0.5) is 23.3 Å². The van der Waals surface area contributed by atoms with Crippen LogP contribution in [0.15, 0.2) is 191 Å². The van der Waals surface area contributed by atoms with Gasteiger partial charge in [0, 0.05) is 128 Å². The van der Waals surface area contributed by atoms with E-state index in [0.29, 0.717) is 37.4 Å². The van der Waals surface area contributed by atoms with Crippen LogP contribution < -0.4 is 21.3 Å². The minimum absolute atomic E-state index is 0.0292. The van der Waals surface area contributed by atoms with E-state index in [0.717, 1.165) is 105 Å². The number of hydrogen-bond acceptors (Lipinski definition) is 16. The predicted molar refractivity (Wildman–Crippen MR) is 366 cm³/mol. The van der Waals surface area contributed by atoms with Gasteiger partial charge >= 0.3 is 0 Å². The van der Waals surface area contributed by atoms with Crippen molar-refractivity contribution in [3.05, 3.63) is 236 Å². The molecule has 0 amide bonds. The number of nitrogens with one attached hydrogen (secondary N) is 4. The molecule has 0 aliphatic heterocycles. The summed E-state index contributed by atoms with van der Waals surface area (Å²) in [7, 11) is 0. The Morgan fingerprint density at radius 3 is 1.29 bits per heavy atom. The second-order valence-corrected chi connectivity index (χ2v) is 25.8. The van der Waals surface area contributed by atoms with Gasteiger partial charge in [0.25, 0.3) is 0 Å². The minimum atomic E-state index is -0.0292. The lowest BCUT2D eigenvalue weighted by Gasteiger charge is -2.19. The van der Waals surface area contributed by atoms with Crippen LogP contribution in [0.25, 0.3) is 33.8 Å². The lowest BCUT2D eigenvalue weighted by atomic mass is 9.92. The van der Waals surface area contributed by atoms with Crippen molar-refractivity contribution in [2.45, 2.75) is 111 Å². The first kappa shape index (κ1) is 62.5. The van der Waals surface area contributed by atoms with E-state index in [1.807, 2.05) is 103 Å². The highest BCUT2D eigenvalue weighted by molar-refractivity contribution is 9.11. The van der Waals surface area contributed by atoms with Crippen molar-refractivity contribution in [1.29, 1.82) is 0 Å². The van der Waals surface area contributed by atoms with Crippen LogP contribution in [0.3, 0.4) is 0 Å². The molecule has 12 heterocycles. The molecule has 0 unspecified atom stereocenters. The number of hydrogen-bond donors (Lipinski definition) is 4. The van der Waals surface area contributed by atoms with Crippen molar-refractivity contribution < 1.29 is 0 Å². The van der Waals surface area contributed by atoms with Crippen LogP contribution in [-0.2, 0) is 31.6 Å². The maximum Gasteiger partial charge on any atom is 0.171 e. The van der Waals surface area contributed by atoms with Crippen LogP contribution in [0, 0.1) is 0 Å². The summed E-state index contributed by atoms with van der Waals surface area (Å²) in [5, 5.41) is 31.5. The van der Waals surface area contributed by atoms with Crippen LogP contribution in [-0.4, -0.2) is 78.3 Å². The molecule has 0 spiro atoms. The first-order valence-electron chi connectivity index (χ1n) is 29.7. The first-order valence-corrected chi connectivity index (χ1v) is 32.1. The number of rotatable bonds is 16. The Balaban J connectivity index is 0.000000124. The van der Waals surface area contributed by atoms with Gasteiger partial charge in [-0.1, -0.05) is 90.9 Å². The number of nitrogens with zero attached hydrogens (tertiary/aromatic N) is 16. The van der Waals surface area contributed by atoms with Gasteiger partial charge in [-0.3, -0.25) is 19.9 Å². The van der Waals surface area contributed by atoms with Crippen molar-refractivity contribution in [1.82, 2.24) is 78.3 Å². The lowest BCUT2D eigenvalue weighted by Crippen LogP contribution is -2.16. The average molecular weight is 1390 g/mol. The summed E-state index contributed by atoms with van der Waals surface area (Å²) in [6.45, 7) is 17.8. The van der Waals surface area contributed by atoms with Crippen molar-refractivity contribution in [3.63, 3.8) is 0 Å². The van der Waals surface area contributed by atoms with Gasteiger partial charge in [-0.15, -0.1) is 0 Å². The third-order valence-electron chi connectivity index (χ3n) is 14.7. The van der Waals surface area contributed by atoms with Gasteiger partial charge in [-0.2, -0.15) is 38.5 Å². The summed E-state index contributed by atoms with van der Waals surface area (Å²) >= 11 is 10.5. The zero-order valence-corrected chi connectivity index (χ0v) is 55.8. The number of aromatic nitrogens is 16. The molecule has 12 aromatic heterocycles. The molecule has 1 saturated carbocycles. The second-order valence-electron chi connectivity index (χ2n) is 23.3. The topological polar surface area (TPSA) is 220 Å². The number of anilines is 4. The zero-order valence-electron chi connectivity index (χ0n) is 51.0.